The summed E-state index contributed by atoms with van der Waals surface area (Å²) in [6.45, 7) is 0.426. The van der Waals surface area contributed by atoms with Crippen LogP contribution in [-0.2, 0) is 6.54 Å². The van der Waals surface area contributed by atoms with Crippen LogP contribution >= 0.6 is 0 Å². The van der Waals surface area contributed by atoms with Crippen LogP contribution in [0, 0.1) is 0 Å². The van der Waals surface area contributed by atoms with Crippen molar-refractivity contribution >= 4 is 11.6 Å². The number of anilines is 1. The molecule has 1 aliphatic rings. The summed E-state index contributed by atoms with van der Waals surface area (Å²) >= 11 is 0. The van der Waals surface area contributed by atoms with Gasteiger partial charge in [0.2, 0.25) is 0 Å². The van der Waals surface area contributed by atoms with Crippen molar-refractivity contribution in [2.75, 3.05) is 19.3 Å². The minimum Gasteiger partial charge on any atom is -0.468 e. The van der Waals surface area contributed by atoms with E-state index in [1.165, 1.54) is 4.57 Å². The number of H-pyrrole nitrogens is 1. The van der Waals surface area contributed by atoms with Crippen molar-refractivity contribution in [2.45, 2.75) is 25.4 Å². The highest BCUT2D eigenvalue weighted by atomic mass is 16.3. The van der Waals surface area contributed by atoms with Crippen LogP contribution in [0.5, 0.6) is 0 Å². The first kappa shape index (κ1) is 15.3. The smallest absolute Gasteiger partial charge is 0.330 e. The molecule has 8 heteroatoms. The van der Waals surface area contributed by atoms with Gasteiger partial charge >= 0.3 is 5.69 Å². The number of hydrogen-bond acceptors (Lipinski definition) is 6. The molecule has 3 rings (SSSR count). The van der Waals surface area contributed by atoms with E-state index in [0.717, 1.165) is 12.8 Å². The molecule has 0 aliphatic heterocycles. The Morgan fingerprint density at radius 3 is 2.83 bits per heavy atom. The summed E-state index contributed by atoms with van der Waals surface area (Å²) in [5.74, 6) is 0.245. The monoisotopic (exact) mass is 318 g/mol. The molecule has 0 radical (unpaired) electrons. The summed E-state index contributed by atoms with van der Waals surface area (Å²) in [5.41, 5.74) is 4.48. The van der Waals surface area contributed by atoms with Gasteiger partial charge in [-0.25, -0.2) is 4.79 Å². The number of likely N-dealkylation sites (N-methyl/N-ethyl adjacent to an activating group) is 1. The molecule has 0 atom stereocenters. The van der Waals surface area contributed by atoms with E-state index in [0.29, 0.717) is 12.3 Å². The fourth-order valence-electron chi connectivity index (χ4n) is 2.58. The Kier molecular flexibility index (Phi) is 3.91. The Labute approximate surface area is 131 Å². The molecule has 2 heterocycles. The number of nitrogens with zero attached hydrogens (tertiary/aromatic N) is 2. The van der Waals surface area contributed by atoms with Crippen LogP contribution in [0.25, 0.3) is 0 Å². The van der Waals surface area contributed by atoms with Gasteiger partial charge in [0.25, 0.3) is 5.56 Å². The highest BCUT2D eigenvalue weighted by Gasteiger charge is 2.30. The normalized spacial score (nSPS) is 14.3. The van der Waals surface area contributed by atoms with Gasteiger partial charge in [-0.3, -0.25) is 24.0 Å². The molecule has 1 fully saturated rings. The minimum atomic E-state index is -0.735. The van der Waals surface area contributed by atoms with Crippen LogP contribution < -0.4 is 17.0 Å². The molecule has 122 valence electrons. The van der Waals surface area contributed by atoms with Gasteiger partial charge in [-0.15, -0.1) is 0 Å². The van der Waals surface area contributed by atoms with Crippen molar-refractivity contribution in [2.24, 2.45) is 0 Å². The SMILES string of the molecule is CN(CC(=O)c1c(N)n(C2CC2)c(=O)[nH]c1=O)Cc1ccco1. The third kappa shape index (κ3) is 3.11. The zero-order valence-electron chi connectivity index (χ0n) is 12.7. The van der Waals surface area contributed by atoms with Crippen molar-refractivity contribution in [3.8, 4) is 0 Å². The number of aromatic nitrogens is 2. The van der Waals surface area contributed by atoms with Gasteiger partial charge in [0, 0.05) is 6.04 Å². The molecule has 0 amide bonds. The van der Waals surface area contributed by atoms with Gasteiger partial charge in [-0.2, -0.15) is 0 Å². The van der Waals surface area contributed by atoms with E-state index in [1.54, 1.807) is 30.3 Å². The van der Waals surface area contributed by atoms with Gasteiger partial charge < -0.3 is 10.2 Å². The number of carbonyl (C=O) groups excluding carboxylic acids is 1. The van der Waals surface area contributed by atoms with E-state index in [4.69, 9.17) is 10.2 Å². The average Bonchev–Trinajstić information content (AvgIpc) is 3.14. The van der Waals surface area contributed by atoms with Crippen LogP contribution in [0.2, 0.25) is 0 Å². The lowest BCUT2D eigenvalue weighted by atomic mass is 10.2. The van der Waals surface area contributed by atoms with Crippen LogP contribution in [-0.4, -0.2) is 33.8 Å². The quantitative estimate of drug-likeness (QED) is 0.743. The summed E-state index contributed by atoms with van der Waals surface area (Å²) < 4.78 is 6.53. The summed E-state index contributed by atoms with van der Waals surface area (Å²) in [5, 5.41) is 0. The van der Waals surface area contributed by atoms with Gasteiger partial charge in [-0.1, -0.05) is 0 Å². The molecular weight excluding hydrogens is 300 g/mol. The fourth-order valence-corrected chi connectivity index (χ4v) is 2.58. The van der Waals surface area contributed by atoms with E-state index < -0.39 is 17.0 Å². The zero-order chi connectivity index (χ0) is 16.6. The molecule has 23 heavy (non-hydrogen) atoms. The molecule has 0 spiro atoms. The number of rotatable bonds is 6. The second-order valence-corrected chi connectivity index (χ2v) is 5.80. The lowest BCUT2D eigenvalue weighted by Crippen LogP contribution is -2.38. The van der Waals surface area contributed by atoms with E-state index in [2.05, 4.69) is 4.98 Å². The van der Waals surface area contributed by atoms with Gasteiger partial charge in [-0.05, 0) is 32.0 Å². The van der Waals surface area contributed by atoms with E-state index >= 15 is 0 Å². The lowest BCUT2D eigenvalue weighted by molar-refractivity contribution is 0.0938. The first-order chi connectivity index (χ1) is 11.0. The van der Waals surface area contributed by atoms with E-state index in [9.17, 15) is 14.4 Å². The van der Waals surface area contributed by atoms with Crippen molar-refractivity contribution in [3.05, 3.63) is 50.6 Å². The Hall–Kier alpha value is -2.61. The van der Waals surface area contributed by atoms with Crippen LogP contribution in [0.4, 0.5) is 5.82 Å². The number of Topliss-reactive ketones (excluding diaryl/α,β-unsaturated/α-hetero) is 1. The Bertz CT molecular complexity index is 830. The highest BCUT2D eigenvalue weighted by Crippen LogP contribution is 2.35. The summed E-state index contributed by atoms with van der Waals surface area (Å²) in [6, 6.07) is 3.54. The van der Waals surface area contributed by atoms with Gasteiger partial charge in [0.15, 0.2) is 5.78 Å². The number of nitrogens with two attached hydrogens (primary N) is 1. The maximum absolute atomic E-state index is 12.4. The van der Waals surface area contributed by atoms with Crippen molar-refractivity contribution in [1.29, 1.82) is 0 Å². The summed E-state index contributed by atoms with van der Waals surface area (Å²) in [6.07, 6.45) is 3.20. The van der Waals surface area contributed by atoms with Gasteiger partial charge in [0.05, 0.1) is 19.4 Å². The maximum Gasteiger partial charge on any atom is 0.330 e. The lowest BCUT2D eigenvalue weighted by Gasteiger charge is -2.16. The number of carbonyl (C=O) groups is 1. The molecule has 0 saturated heterocycles. The third-order valence-electron chi connectivity index (χ3n) is 3.79. The van der Waals surface area contributed by atoms with E-state index in [-0.39, 0.29) is 24.0 Å². The molecule has 3 N–H and O–H groups in total. The first-order valence-electron chi connectivity index (χ1n) is 7.35. The van der Waals surface area contributed by atoms with Crippen LogP contribution in [0.3, 0.4) is 0 Å². The second kappa shape index (κ2) is 5.88. The Morgan fingerprint density at radius 1 is 1.48 bits per heavy atom. The molecule has 2 aromatic heterocycles. The van der Waals surface area contributed by atoms with Gasteiger partial charge in [0.1, 0.15) is 17.1 Å². The Morgan fingerprint density at radius 2 is 2.22 bits per heavy atom. The van der Waals surface area contributed by atoms with Crippen LogP contribution in [0.15, 0.2) is 32.4 Å². The molecule has 0 unspecified atom stereocenters. The molecule has 0 aromatic carbocycles. The number of furan rings is 1. The summed E-state index contributed by atoms with van der Waals surface area (Å²) in [4.78, 5) is 40.2. The number of nitrogens with one attached hydrogen (secondary N) is 1. The average molecular weight is 318 g/mol. The number of hydrogen-bond donors (Lipinski definition) is 2. The number of aromatic amines is 1. The summed E-state index contributed by atoms with van der Waals surface area (Å²) in [7, 11) is 1.74. The standard InChI is InChI=1S/C15H18N4O4/c1-18(7-10-3-2-6-23-10)8-11(20)12-13(16)19(9-4-5-9)15(22)17-14(12)21/h2-3,6,9H,4-5,7-8,16H2,1H3,(H,17,21,22). The fraction of sp³-hybridized carbons (Fsp3) is 0.400. The molecule has 1 saturated carbocycles. The molecular formula is C15H18N4O4. The molecule has 2 aromatic rings. The molecule has 1 aliphatic carbocycles. The molecule has 0 bridgehead atoms. The van der Waals surface area contributed by atoms with Crippen molar-refractivity contribution < 1.29 is 9.21 Å². The first-order valence-corrected chi connectivity index (χ1v) is 7.35. The van der Waals surface area contributed by atoms with E-state index in [1.807, 2.05) is 0 Å². The maximum atomic E-state index is 12.4. The second-order valence-electron chi connectivity index (χ2n) is 5.80. The number of ketones is 1. The highest BCUT2D eigenvalue weighted by molar-refractivity contribution is 6.01. The topological polar surface area (TPSA) is 114 Å². The molecule has 8 nitrogen and oxygen atoms in total. The predicted molar refractivity (Wildman–Crippen MR) is 83.4 cm³/mol. The largest absolute Gasteiger partial charge is 0.468 e. The minimum absolute atomic E-state index is 0.00312. The Balaban J connectivity index is 1.83. The van der Waals surface area contributed by atoms with Crippen molar-refractivity contribution in [3.63, 3.8) is 0 Å². The third-order valence-corrected chi connectivity index (χ3v) is 3.79. The van der Waals surface area contributed by atoms with Crippen LogP contribution in [0.1, 0.15) is 35.0 Å². The number of nitrogen functional groups attached to an aromatic ring is 1. The zero-order valence-corrected chi connectivity index (χ0v) is 12.7. The van der Waals surface area contributed by atoms with Crippen molar-refractivity contribution in [1.82, 2.24) is 14.5 Å². The predicted octanol–water partition coefficient (Wildman–Crippen LogP) is 0.361.